The Hall–Kier alpha value is -0.120. The van der Waals surface area contributed by atoms with Crippen LogP contribution < -0.4 is 0 Å². The third kappa shape index (κ3) is 6.03. The largest absolute Gasteiger partial charge is 0.349 e. The first-order valence-electron chi connectivity index (χ1n) is 9.77. The molecule has 0 radical (unpaired) electrons. The maximum atomic E-state index is 6.03. The van der Waals surface area contributed by atoms with Gasteiger partial charge in [-0.1, -0.05) is 38.5 Å². The van der Waals surface area contributed by atoms with Crippen molar-refractivity contribution in [3.8, 4) is 0 Å². The predicted octanol–water partition coefficient (Wildman–Crippen LogP) is 5.67. The molecule has 3 nitrogen and oxygen atoms in total. The molecule has 2 aliphatic rings. The van der Waals surface area contributed by atoms with Crippen LogP contribution in [0.1, 0.15) is 91.9 Å². The summed E-state index contributed by atoms with van der Waals surface area (Å²) in [6.45, 7) is 9.51. The molecule has 0 amide bonds. The summed E-state index contributed by atoms with van der Waals surface area (Å²) >= 11 is 0. The lowest BCUT2D eigenvalue weighted by Crippen LogP contribution is -2.38. The average Bonchev–Trinajstić information content (AvgIpc) is 2.56. The minimum Gasteiger partial charge on any atom is -0.349 e. The van der Waals surface area contributed by atoms with E-state index in [0.29, 0.717) is 25.4 Å². The molecule has 0 spiro atoms. The normalized spacial score (nSPS) is 22.4. The Bertz CT molecular complexity index is 294. The highest BCUT2D eigenvalue weighted by molar-refractivity contribution is 4.82. The van der Waals surface area contributed by atoms with Crippen LogP contribution in [0.2, 0.25) is 0 Å². The van der Waals surface area contributed by atoms with E-state index < -0.39 is 0 Å². The lowest BCUT2D eigenvalue weighted by molar-refractivity contribution is -0.217. The van der Waals surface area contributed by atoms with Crippen molar-refractivity contribution in [2.45, 2.75) is 103 Å². The topological polar surface area (TPSA) is 27.7 Å². The molecule has 0 N–H and O–H groups in total. The van der Waals surface area contributed by atoms with Crippen LogP contribution in [0, 0.1) is 11.8 Å². The predicted molar refractivity (Wildman–Crippen MR) is 94.3 cm³/mol. The van der Waals surface area contributed by atoms with Crippen molar-refractivity contribution in [2.75, 3.05) is 13.6 Å². The monoisotopic (exact) mass is 326 g/mol. The minimum atomic E-state index is -0.0840. The van der Waals surface area contributed by atoms with Crippen LogP contribution in [-0.2, 0) is 14.2 Å². The molecule has 2 fully saturated rings. The van der Waals surface area contributed by atoms with Gasteiger partial charge < -0.3 is 14.2 Å². The second-order valence-electron chi connectivity index (χ2n) is 8.61. The van der Waals surface area contributed by atoms with Crippen LogP contribution in [0.3, 0.4) is 0 Å². The third-order valence-corrected chi connectivity index (χ3v) is 6.21. The first-order chi connectivity index (χ1) is 10.9. The van der Waals surface area contributed by atoms with Crippen LogP contribution in [0.5, 0.6) is 0 Å². The van der Waals surface area contributed by atoms with Crippen LogP contribution >= 0.6 is 0 Å². The average molecular weight is 327 g/mol. The summed E-state index contributed by atoms with van der Waals surface area (Å²) in [6.07, 6.45) is 13.3. The maximum absolute atomic E-state index is 6.03. The maximum Gasteiger partial charge on any atom is 0.150 e. The van der Waals surface area contributed by atoms with E-state index in [0.717, 1.165) is 0 Å². The van der Waals surface area contributed by atoms with E-state index in [2.05, 4.69) is 27.7 Å². The lowest BCUT2D eigenvalue weighted by Gasteiger charge is -2.38. The fraction of sp³-hybridized carbons (Fsp3) is 1.00. The van der Waals surface area contributed by atoms with E-state index in [4.69, 9.17) is 14.2 Å². The smallest absolute Gasteiger partial charge is 0.150 e. The molecule has 2 aliphatic carbocycles. The Morgan fingerprint density at radius 3 is 1.30 bits per heavy atom. The number of ether oxygens (including phenoxy) is 3. The minimum absolute atomic E-state index is 0.0840. The van der Waals surface area contributed by atoms with Crippen molar-refractivity contribution in [2.24, 2.45) is 11.8 Å². The molecule has 136 valence electrons. The number of hydrogen-bond acceptors (Lipinski definition) is 3. The SMILES string of the molecule is CC(C)(OCOCOC(C)(C)C1CCCCC1)C1CCCCC1. The van der Waals surface area contributed by atoms with Gasteiger partial charge in [0.15, 0.2) is 0 Å². The Morgan fingerprint density at radius 1 is 0.609 bits per heavy atom. The van der Waals surface area contributed by atoms with Crippen molar-refractivity contribution < 1.29 is 14.2 Å². The van der Waals surface area contributed by atoms with Gasteiger partial charge in [-0.05, 0) is 65.2 Å². The molecule has 0 bridgehead atoms. The molecular weight excluding hydrogens is 288 g/mol. The Balaban J connectivity index is 1.62. The molecule has 0 saturated heterocycles. The zero-order chi connectivity index (χ0) is 16.8. The summed E-state index contributed by atoms with van der Waals surface area (Å²) in [5, 5.41) is 0. The van der Waals surface area contributed by atoms with E-state index in [-0.39, 0.29) is 11.2 Å². The fourth-order valence-electron chi connectivity index (χ4n) is 4.25. The third-order valence-electron chi connectivity index (χ3n) is 6.21. The van der Waals surface area contributed by atoms with Crippen molar-refractivity contribution >= 4 is 0 Å². The van der Waals surface area contributed by atoms with Gasteiger partial charge in [-0.25, -0.2) is 0 Å². The molecular formula is C20H38O3. The summed E-state index contributed by atoms with van der Waals surface area (Å²) < 4.78 is 17.7. The summed E-state index contributed by atoms with van der Waals surface area (Å²) in [5.74, 6) is 1.33. The molecule has 0 aromatic rings. The molecule has 0 aromatic heterocycles. The van der Waals surface area contributed by atoms with Crippen molar-refractivity contribution in [1.29, 1.82) is 0 Å². The summed E-state index contributed by atoms with van der Waals surface area (Å²) in [6, 6.07) is 0. The van der Waals surface area contributed by atoms with Crippen LogP contribution in [0.15, 0.2) is 0 Å². The van der Waals surface area contributed by atoms with E-state index in [1.54, 1.807) is 0 Å². The molecule has 2 rings (SSSR count). The molecule has 2 saturated carbocycles. The molecule has 0 atom stereocenters. The van der Waals surface area contributed by atoms with Crippen molar-refractivity contribution in [1.82, 2.24) is 0 Å². The summed E-state index contributed by atoms with van der Waals surface area (Å²) in [7, 11) is 0. The van der Waals surface area contributed by atoms with E-state index in [9.17, 15) is 0 Å². The van der Waals surface area contributed by atoms with E-state index >= 15 is 0 Å². The first-order valence-corrected chi connectivity index (χ1v) is 9.77. The highest BCUT2D eigenvalue weighted by atomic mass is 16.7. The Labute approximate surface area is 143 Å². The fourth-order valence-corrected chi connectivity index (χ4v) is 4.25. The highest BCUT2D eigenvalue weighted by Crippen LogP contribution is 2.36. The van der Waals surface area contributed by atoms with Gasteiger partial charge >= 0.3 is 0 Å². The standard InChI is InChI=1S/C20H38O3/c1-19(2,17-11-7-5-8-12-17)22-15-21-16-23-20(3,4)18-13-9-6-10-14-18/h17-18H,5-16H2,1-4H3. The molecule has 0 heterocycles. The van der Waals surface area contributed by atoms with Gasteiger partial charge in [0.25, 0.3) is 0 Å². The molecule has 0 aliphatic heterocycles. The molecule has 3 heteroatoms. The zero-order valence-corrected chi connectivity index (χ0v) is 15.9. The van der Waals surface area contributed by atoms with Gasteiger partial charge in [-0.15, -0.1) is 0 Å². The quantitative estimate of drug-likeness (QED) is 0.425. The van der Waals surface area contributed by atoms with Crippen molar-refractivity contribution in [3.05, 3.63) is 0 Å². The summed E-state index contributed by atoms with van der Waals surface area (Å²) in [4.78, 5) is 0. The molecule has 0 unspecified atom stereocenters. The van der Waals surface area contributed by atoms with Gasteiger partial charge in [0, 0.05) is 0 Å². The lowest BCUT2D eigenvalue weighted by atomic mass is 9.79. The number of hydrogen-bond donors (Lipinski definition) is 0. The van der Waals surface area contributed by atoms with Gasteiger partial charge in [-0.3, -0.25) is 0 Å². The van der Waals surface area contributed by atoms with Gasteiger partial charge in [0.2, 0.25) is 0 Å². The van der Waals surface area contributed by atoms with Crippen LogP contribution in [-0.4, -0.2) is 24.8 Å². The van der Waals surface area contributed by atoms with E-state index in [1.165, 1.54) is 64.2 Å². The Morgan fingerprint density at radius 2 is 0.957 bits per heavy atom. The van der Waals surface area contributed by atoms with Crippen molar-refractivity contribution in [3.63, 3.8) is 0 Å². The van der Waals surface area contributed by atoms with E-state index in [1.807, 2.05) is 0 Å². The van der Waals surface area contributed by atoms with Crippen LogP contribution in [0.25, 0.3) is 0 Å². The van der Waals surface area contributed by atoms with Crippen LogP contribution in [0.4, 0.5) is 0 Å². The second-order valence-corrected chi connectivity index (χ2v) is 8.61. The molecule has 0 aromatic carbocycles. The Kier molecular flexibility index (Phi) is 7.37. The van der Waals surface area contributed by atoms with Gasteiger partial charge in [-0.2, -0.15) is 0 Å². The zero-order valence-electron chi connectivity index (χ0n) is 15.9. The van der Waals surface area contributed by atoms with Gasteiger partial charge in [0.05, 0.1) is 11.2 Å². The first kappa shape index (κ1) is 19.2. The molecule has 23 heavy (non-hydrogen) atoms. The summed E-state index contributed by atoms with van der Waals surface area (Å²) in [5.41, 5.74) is -0.168. The highest BCUT2D eigenvalue weighted by Gasteiger charge is 2.33. The van der Waals surface area contributed by atoms with Gasteiger partial charge in [0.1, 0.15) is 13.6 Å². The number of rotatable bonds is 8. The second kappa shape index (κ2) is 8.82.